The maximum absolute atomic E-state index is 13.4. The first kappa shape index (κ1) is 18.7. The summed E-state index contributed by atoms with van der Waals surface area (Å²) in [6.07, 6.45) is -3.92. The van der Waals surface area contributed by atoms with Gasteiger partial charge in [0.05, 0.1) is 25.4 Å². The normalized spacial score (nSPS) is 15.6. The lowest BCUT2D eigenvalue weighted by atomic mass is 9.97. The first-order valence-corrected chi connectivity index (χ1v) is 8.17. The number of H-pyrrole nitrogens is 1. The van der Waals surface area contributed by atoms with Gasteiger partial charge in [0.1, 0.15) is 5.69 Å². The number of nitrogens with zero attached hydrogens (tertiary/aromatic N) is 2. The molecule has 0 saturated heterocycles. The molecule has 0 bridgehead atoms. The number of hydrogen-bond donors (Lipinski definition) is 1. The summed E-state index contributed by atoms with van der Waals surface area (Å²) in [6.45, 7) is 1.32. The fraction of sp³-hybridized carbons (Fsp3) is 0.278. The number of halogens is 3. The Morgan fingerprint density at radius 3 is 2.63 bits per heavy atom. The zero-order valence-electron chi connectivity index (χ0n) is 14.3. The average molecular weight is 379 g/mol. The second-order valence-electron chi connectivity index (χ2n) is 5.88. The highest BCUT2D eigenvalue weighted by molar-refractivity contribution is 5.86. The van der Waals surface area contributed by atoms with Gasteiger partial charge in [0.2, 0.25) is 0 Å². The van der Waals surface area contributed by atoms with Gasteiger partial charge in [-0.15, -0.1) is 0 Å². The number of alkyl halides is 3. The Morgan fingerprint density at radius 1 is 1.30 bits per heavy atom. The summed E-state index contributed by atoms with van der Waals surface area (Å²) in [5.41, 5.74) is -1.58. The van der Waals surface area contributed by atoms with E-state index in [-0.39, 0.29) is 31.0 Å². The van der Waals surface area contributed by atoms with Gasteiger partial charge in [-0.05, 0) is 24.1 Å². The molecule has 0 aliphatic carbocycles. The molecular weight excluding hydrogens is 363 g/mol. The molecule has 142 valence electrons. The Bertz CT molecular complexity index is 936. The van der Waals surface area contributed by atoms with Gasteiger partial charge in [0, 0.05) is 5.56 Å². The number of carbonyl (C=O) groups is 1. The average Bonchev–Trinajstić information content (AvgIpc) is 2.61. The van der Waals surface area contributed by atoms with Crippen molar-refractivity contribution in [3.8, 4) is 0 Å². The molecule has 2 heterocycles. The van der Waals surface area contributed by atoms with Gasteiger partial charge >= 0.3 is 18.0 Å². The van der Waals surface area contributed by atoms with Gasteiger partial charge in [-0.3, -0.25) is 4.90 Å². The van der Waals surface area contributed by atoms with E-state index in [2.05, 4.69) is 4.98 Å². The molecule has 1 aliphatic rings. The van der Waals surface area contributed by atoms with Crippen molar-refractivity contribution < 1.29 is 22.7 Å². The lowest BCUT2D eigenvalue weighted by Gasteiger charge is -2.30. The molecule has 0 atom stereocenters. The highest BCUT2D eigenvalue weighted by Crippen LogP contribution is 2.36. The summed E-state index contributed by atoms with van der Waals surface area (Å²) in [5, 5.41) is 0. The minimum atomic E-state index is -4.79. The van der Waals surface area contributed by atoms with Crippen molar-refractivity contribution >= 4 is 17.7 Å². The van der Waals surface area contributed by atoms with Crippen LogP contribution in [0.25, 0.3) is 11.6 Å². The van der Waals surface area contributed by atoms with Crippen LogP contribution in [0.5, 0.6) is 0 Å². The number of aromatic nitrogens is 2. The largest absolute Gasteiger partial charge is 0.450 e. The molecule has 1 aliphatic heterocycles. The van der Waals surface area contributed by atoms with E-state index in [1.165, 1.54) is 0 Å². The number of ether oxygens (including phenoxy) is 1. The minimum absolute atomic E-state index is 0.0194. The second kappa shape index (κ2) is 7.26. The van der Waals surface area contributed by atoms with Crippen molar-refractivity contribution in [3.05, 3.63) is 63.3 Å². The fourth-order valence-electron chi connectivity index (χ4n) is 2.89. The van der Waals surface area contributed by atoms with Crippen LogP contribution in [0.2, 0.25) is 0 Å². The number of rotatable bonds is 2. The predicted octanol–water partition coefficient (Wildman–Crippen LogP) is 3.30. The summed E-state index contributed by atoms with van der Waals surface area (Å²) in [6, 6.07) is 8.85. The van der Waals surface area contributed by atoms with Crippen molar-refractivity contribution in [2.45, 2.75) is 19.6 Å². The first-order valence-electron chi connectivity index (χ1n) is 8.17. The minimum Gasteiger partial charge on any atom is -0.450 e. The van der Waals surface area contributed by atoms with E-state index >= 15 is 0 Å². The number of hydrogen-bond acceptors (Lipinski definition) is 4. The number of carbonyl (C=O) groups excluding carboxylic acids is 1. The predicted molar refractivity (Wildman–Crippen MR) is 91.6 cm³/mol. The van der Waals surface area contributed by atoms with Crippen molar-refractivity contribution in [2.24, 2.45) is 0 Å². The third-order valence-corrected chi connectivity index (χ3v) is 4.00. The molecule has 0 fully saturated rings. The third-order valence-electron chi connectivity index (χ3n) is 4.00. The summed E-state index contributed by atoms with van der Waals surface area (Å²) in [5.74, 6) is 0. The maximum atomic E-state index is 13.4. The van der Waals surface area contributed by atoms with Gasteiger partial charge in [-0.25, -0.2) is 9.59 Å². The van der Waals surface area contributed by atoms with Crippen LogP contribution in [0.3, 0.4) is 0 Å². The fourth-order valence-corrected chi connectivity index (χ4v) is 2.89. The molecule has 0 saturated carbocycles. The third kappa shape index (κ3) is 4.02. The molecule has 1 aromatic heterocycles. The molecule has 0 unspecified atom stereocenters. The quantitative estimate of drug-likeness (QED) is 0.869. The van der Waals surface area contributed by atoms with Crippen LogP contribution in [0, 0.1) is 0 Å². The summed E-state index contributed by atoms with van der Waals surface area (Å²) < 4.78 is 45.2. The van der Waals surface area contributed by atoms with Crippen LogP contribution in [-0.4, -0.2) is 34.1 Å². The lowest BCUT2D eigenvalue weighted by molar-refractivity contribution is -0.142. The molecule has 1 N–H and O–H groups in total. The maximum Gasteiger partial charge on any atom is 0.431 e. The molecule has 1 aromatic carbocycles. The van der Waals surface area contributed by atoms with Crippen LogP contribution in [0.15, 0.2) is 35.1 Å². The number of fused-ring (bicyclic) bond motifs is 1. The Kier molecular flexibility index (Phi) is 5.02. The summed E-state index contributed by atoms with van der Waals surface area (Å²) in [4.78, 5) is 30.5. The standard InChI is InChI=1S/C18H16F3N3O3/c1-2-27-17(26)24-9-12(8-11-6-4-3-5-7-11)14-13(10-24)15(18(19,20)21)23-16(25)22-14/h3-8H,2,9-10H2,1H3,(H,22,23,25)/b12-8-. The van der Waals surface area contributed by atoms with E-state index in [0.29, 0.717) is 11.1 Å². The zero-order valence-corrected chi connectivity index (χ0v) is 14.3. The molecule has 3 rings (SSSR count). The molecule has 2 aromatic rings. The van der Waals surface area contributed by atoms with Gasteiger partial charge in [0.15, 0.2) is 0 Å². The topological polar surface area (TPSA) is 75.3 Å². The van der Waals surface area contributed by atoms with E-state index in [1.54, 1.807) is 48.3 Å². The number of nitrogens with one attached hydrogen (secondary N) is 1. The molecule has 0 radical (unpaired) electrons. The smallest absolute Gasteiger partial charge is 0.431 e. The van der Waals surface area contributed by atoms with Crippen LogP contribution in [0.4, 0.5) is 18.0 Å². The number of amides is 1. The molecule has 27 heavy (non-hydrogen) atoms. The molecule has 6 nitrogen and oxygen atoms in total. The van der Waals surface area contributed by atoms with E-state index in [0.717, 1.165) is 4.90 Å². The van der Waals surface area contributed by atoms with Gasteiger partial charge in [0.25, 0.3) is 0 Å². The molecular formula is C18H16F3N3O3. The number of benzene rings is 1. The van der Waals surface area contributed by atoms with E-state index < -0.39 is 23.7 Å². The first-order chi connectivity index (χ1) is 12.8. The monoisotopic (exact) mass is 379 g/mol. The van der Waals surface area contributed by atoms with Gasteiger partial charge in [-0.1, -0.05) is 30.3 Å². The van der Waals surface area contributed by atoms with Crippen LogP contribution >= 0.6 is 0 Å². The Labute approximate surface area is 152 Å². The van der Waals surface area contributed by atoms with Crippen molar-refractivity contribution in [3.63, 3.8) is 0 Å². The van der Waals surface area contributed by atoms with Crippen LogP contribution < -0.4 is 5.69 Å². The summed E-state index contributed by atoms with van der Waals surface area (Å²) in [7, 11) is 0. The Balaban J connectivity index is 2.18. The van der Waals surface area contributed by atoms with Gasteiger partial charge < -0.3 is 9.72 Å². The van der Waals surface area contributed by atoms with Crippen LogP contribution in [0.1, 0.15) is 29.4 Å². The molecule has 0 spiro atoms. The van der Waals surface area contributed by atoms with E-state index in [4.69, 9.17) is 4.74 Å². The van der Waals surface area contributed by atoms with Crippen LogP contribution in [-0.2, 0) is 17.5 Å². The highest BCUT2D eigenvalue weighted by atomic mass is 19.4. The van der Waals surface area contributed by atoms with Crippen molar-refractivity contribution in [1.82, 2.24) is 14.9 Å². The zero-order chi connectivity index (χ0) is 19.6. The van der Waals surface area contributed by atoms with Crippen molar-refractivity contribution in [1.29, 1.82) is 0 Å². The number of aromatic amines is 1. The second-order valence-corrected chi connectivity index (χ2v) is 5.88. The molecule has 1 amide bonds. The van der Waals surface area contributed by atoms with E-state index in [9.17, 15) is 22.8 Å². The summed E-state index contributed by atoms with van der Waals surface area (Å²) >= 11 is 0. The SMILES string of the molecule is CCOC(=O)N1C/C(=C/c2ccccc2)c2nc(=O)[nH]c(C(F)(F)F)c2C1. The Hall–Kier alpha value is -3.10. The molecule has 9 heteroatoms. The Morgan fingerprint density at radius 2 is 2.00 bits per heavy atom. The van der Waals surface area contributed by atoms with Gasteiger partial charge in [-0.2, -0.15) is 18.2 Å². The lowest BCUT2D eigenvalue weighted by Crippen LogP contribution is -2.39. The highest BCUT2D eigenvalue weighted by Gasteiger charge is 2.39. The van der Waals surface area contributed by atoms with E-state index in [1.807, 2.05) is 0 Å². The van der Waals surface area contributed by atoms with Crippen molar-refractivity contribution in [2.75, 3.05) is 13.2 Å².